The van der Waals surface area contributed by atoms with Crippen molar-refractivity contribution >= 4 is 0 Å². The van der Waals surface area contributed by atoms with Crippen molar-refractivity contribution in [3.05, 3.63) is 0 Å². The first-order valence-electron chi connectivity index (χ1n) is 8.06. The van der Waals surface area contributed by atoms with Gasteiger partial charge in [0.2, 0.25) is 0 Å². The van der Waals surface area contributed by atoms with Gasteiger partial charge in [0.25, 0.3) is 0 Å². The minimum atomic E-state index is -0.0845. The molecule has 110 valence electrons. The summed E-state index contributed by atoms with van der Waals surface area (Å²) in [5.41, 5.74) is 0. The molecule has 0 saturated heterocycles. The second kappa shape index (κ2) is 13.4. The van der Waals surface area contributed by atoms with Crippen LogP contribution in [0.5, 0.6) is 0 Å². The third-order valence-corrected chi connectivity index (χ3v) is 3.69. The van der Waals surface area contributed by atoms with Gasteiger partial charge in [0, 0.05) is 0 Å². The number of aliphatic hydroxyl groups is 2. The first-order valence-corrected chi connectivity index (χ1v) is 8.06. The van der Waals surface area contributed by atoms with Crippen LogP contribution in [0.15, 0.2) is 0 Å². The fourth-order valence-corrected chi connectivity index (χ4v) is 2.26. The molecule has 0 aliphatic rings. The van der Waals surface area contributed by atoms with E-state index in [0.29, 0.717) is 0 Å². The van der Waals surface area contributed by atoms with Gasteiger partial charge < -0.3 is 10.2 Å². The SMILES string of the molecule is CCCCC(O)CCCCCCCCC(O)CC. The monoisotopic (exact) mass is 258 g/mol. The third-order valence-electron chi connectivity index (χ3n) is 3.69. The van der Waals surface area contributed by atoms with Crippen LogP contribution in [-0.4, -0.2) is 22.4 Å². The van der Waals surface area contributed by atoms with Crippen molar-refractivity contribution in [1.82, 2.24) is 0 Å². The third kappa shape index (κ3) is 12.4. The molecule has 0 heterocycles. The molecule has 0 aromatic heterocycles. The van der Waals surface area contributed by atoms with E-state index in [1.165, 1.54) is 38.5 Å². The zero-order valence-electron chi connectivity index (χ0n) is 12.5. The minimum absolute atomic E-state index is 0.0651. The zero-order chi connectivity index (χ0) is 13.6. The van der Waals surface area contributed by atoms with Gasteiger partial charge >= 0.3 is 0 Å². The molecule has 0 rings (SSSR count). The zero-order valence-corrected chi connectivity index (χ0v) is 12.5. The summed E-state index contributed by atoms with van der Waals surface area (Å²) in [5, 5.41) is 19.1. The van der Waals surface area contributed by atoms with Gasteiger partial charge in [-0.1, -0.05) is 65.2 Å². The Kier molecular flexibility index (Phi) is 13.3. The molecule has 0 aliphatic carbocycles. The molecular weight excluding hydrogens is 224 g/mol. The van der Waals surface area contributed by atoms with Crippen molar-refractivity contribution in [1.29, 1.82) is 0 Å². The standard InChI is InChI=1S/C16H34O2/c1-3-5-12-16(18)14-11-9-7-6-8-10-13-15(17)4-2/h15-18H,3-14H2,1-2H3. The van der Waals surface area contributed by atoms with E-state index in [0.717, 1.165) is 38.5 Å². The van der Waals surface area contributed by atoms with Crippen LogP contribution < -0.4 is 0 Å². The van der Waals surface area contributed by atoms with Crippen molar-refractivity contribution in [3.8, 4) is 0 Å². The second-order valence-electron chi connectivity index (χ2n) is 5.56. The van der Waals surface area contributed by atoms with Crippen LogP contribution in [0.2, 0.25) is 0 Å². The van der Waals surface area contributed by atoms with E-state index < -0.39 is 0 Å². The van der Waals surface area contributed by atoms with Crippen LogP contribution in [0.4, 0.5) is 0 Å². The molecule has 2 nitrogen and oxygen atoms in total. The normalized spacial score (nSPS) is 14.7. The van der Waals surface area contributed by atoms with Crippen molar-refractivity contribution in [2.75, 3.05) is 0 Å². The summed E-state index contributed by atoms with van der Waals surface area (Å²) in [6, 6.07) is 0. The summed E-state index contributed by atoms with van der Waals surface area (Å²) in [6.45, 7) is 4.21. The number of aliphatic hydroxyl groups excluding tert-OH is 2. The summed E-state index contributed by atoms with van der Waals surface area (Å²) in [7, 11) is 0. The van der Waals surface area contributed by atoms with E-state index in [1.54, 1.807) is 0 Å². The number of hydrogen-bond acceptors (Lipinski definition) is 2. The molecule has 0 spiro atoms. The summed E-state index contributed by atoms with van der Waals surface area (Å²) in [6.07, 6.45) is 13.4. The molecule has 0 fully saturated rings. The largest absolute Gasteiger partial charge is 0.393 e. The number of hydrogen-bond donors (Lipinski definition) is 2. The van der Waals surface area contributed by atoms with E-state index in [4.69, 9.17) is 0 Å². The van der Waals surface area contributed by atoms with E-state index in [9.17, 15) is 10.2 Å². The highest BCUT2D eigenvalue weighted by atomic mass is 16.3. The van der Waals surface area contributed by atoms with Crippen molar-refractivity contribution in [3.63, 3.8) is 0 Å². The topological polar surface area (TPSA) is 40.5 Å². The molecule has 2 N–H and O–H groups in total. The fraction of sp³-hybridized carbons (Fsp3) is 1.00. The van der Waals surface area contributed by atoms with Gasteiger partial charge in [-0.2, -0.15) is 0 Å². The van der Waals surface area contributed by atoms with E-state index >= 15 is 0 Å². The molecule has 0 aromatic rings. The molecular formula is C16H34O2. The predicted octanol–water partition coefficient (Wildman–Crippen LogP) is 4.43. The second-order valence-corrected chi connectivity index (χ2v) is 5.56. The van der Waals surface area contributed by atoms with Gasteiger partial charge in [-0.05, 0) is 25.7 Å². The van der Waals surface area contributed by atoms with Gasteiger partial charge in [0.15, 0.2) is 0 Å². The van der Waals surface area contributed by atoms with Crippen LogP contribution in [0.1, 0.15) is 90.9 Å². The van der Waals surface area contributed by atoms with Crippen LogP contribution in [0.25, 0.3) is 0 Å². The van der Waals surface area contributed by atoms with Gasteiger partial charge in [0.1, 0.15) is 0 Å². The first-order chi connectivity index (χ1) is 8.70. The summed E-state index contributed by atoms with van der Waals surface area (Å²) in [4.78, 5) is 0. The highest BCUT2D eigenvalue weighted by molar-refractivity contribution is 4.57. The smallest absolute Gasteiger partial charge is 0.0540 e. The van der Waals surface area contributed by atoms with Gasteiger partial charge in [0.05, 0.1) is 12.2 Å². The average molecular weight is 258 g/mol. The lowest BCUT2D eigenvalue weighted by atomic mass is 10.0. The highest BCUT2D eigenvalue weighted by Crippen LogP contribution is 2.13. The Morgan fingerprint density at radius 2 is 1.06 bits per heavy atom. The average Bonchev–Trinajstić information content (AvgIpc) is 2.38. The first kappa shape index (κ1) is 17.9. The summed E-state index contributed by atoms with van der Waals surface area (Å²) >= 11 is 0. The van der Waals surface area contributed by atoms with Crippen LogP contribution >= 0.6 is 0 Å². The number of unbranched alkanes of at least 4 members (excludes halogenated alkanes) is 6. The Labute approximate surface area is 114 Å². The summed E-state index contributed by atoms with van der Waals surface area (Å²) < 4.78 is 0. The highest BCUT2D eigenvalue weighted by Gasteiger charge is 2.03. The van der Waals surface area contributed by atoms with E-state index in [-0.39, 0.29) is 12.2 Å². The molecule has 2 heteroatoms. The molecule has 2 atom stereocenters. The predicted molar refractivity (Wildman–Crippen MR) is 78.8 cm³/mol. The lowest BCUT2D eigenvalue weighted by molar-refractivity contribution is 0.147. The van der Waals surface area contributed by atoms with Gasteiger partial charge in [-0.25, -0.2) is 0 Å². The maximum absolute atomic E-state index is 9.68. The van der Waals surface area contributed by atoms with Crippen LogP contribution in [-0.2, 0) is 0 Å². The molecule has 0 aromatic carbocycles. The maximum atomic E-state index is 9.68. The maximum Gasteiger partial charge on any atom is 0.0540 e. The lowest BCUT2D eigenvalue weighted by Crippen LogP contribution is -2.05. The van der Waals surface area contributed by atoms with E-state index in [2.05, 4.69) is 6.92 Å². The molecule has 0 saturated carbocycles. The molecule has 0 aliphatic heterocycles. The number of rotatable bonds is 13. The van der Waals surface area contributed by atoms with Crippen molar-refractivity contribution in [2.24, 2.45) is 0 Å². The minimum Gasteiger partial charge on any atom is -0.393 e. The Hall–Kier alpha value is -0.0800. The Bertz CT molecular complexity index is 159. The van der Waals surface area contributed by atoms with Crippen molar-refractivity contribution < 1.29 is 10.2 Å². The molecule has 0 radical (unpaired) electrons. The molecule has 2 unspecified atom stereocenters. The molecule has 0 amide bonds. The summed E-state index contributed by atoms with van der Waals surface area (Å²) in [5.74, 6) is 0. The molecule has 18 heavy (non-hydrogen) atoms. The Balaban J connectivity index is 3.11. The van der Waals surface area contributed by atoms with Crippen LogP contribution in [0.3, 0.4) is 0 Å². The quantitative estimate of drug-likeness (QED) is 0.480. The van der Waals surface area contributed by atoms with Crippen molar-refractivity contribution in [2.45, 2.75) is 103 Å². The molecule has 0 bridgehead atoms. The lowest BCUT2D eigenvalue weighted by Gasteiger charge is -2.09. The Morgan fingerprint density at radius 3 is 1.56 bits per heavy atom. The van der Waals surface area contributed by atoms with Gasteiger partial charge in [-0.3, -0.25) is 0 Å². The van der Waals surface area contributed by atoms with Crippen LogP contribution in [0, 0.1) is 0 Å². The Morgan fingerprint density at radius 1 is 0.611 bits per heavy atom. The van der Waals surface area contributed by atoms with E-state index in [1.807, 2.05) is 6.92 Å². The fourth-order valence-electron chi connectivity index (χ4n) is 2.26. The van der Waals surface area contributed by atoms with Gasteiger partial charge in [-0.15, -0.1) is 0 Å².